The molecule has 0 aliphatic carbocycles. The Balaban J connectivity index is 0.000000265. The first-order valence-corrected chi connectivity index (χ1v) is 10.7. The molecule has 0 atom stereocenters. The van der Waals surface area contributed by atoms with E-state index in [-0.39, 0.29) is 5.97 Å². The van der Waals surface area contributed by atoms with E-state index < -0.39 is 0 Å². The van der Waals surface area contributed by atoms with Gasteiger partial charge in [-0.05, 0) is 86.3 Å². The molecule has 0 aromatic carbocycles. The lowest BCUT2D eigenvalue weighted by molar-refractivity contribution is -0.143. The highest BCUT2D eigenvalue weighted by molar-refractivity contribution is 6.14. The molecule has 0 amide bonds. The van der Waals surface area contributed by atoms with Crippen LogP contribution in [0.1, 0.15) is 26.7 Å². The van der Waals surface area contributed by atoms with Crippen molar-refractivity contribution in [2.24, 2.45) is 20.0 Å². The van der Waals surface area contributed by atoms with Gasteiger partial charge in [0, 0.05) is 6.42 Å². The second kappa shape index (κ2) is 9.92. The summed E-state index contributed by atoms with van der Waals surface area (Å²) in [6.07, 6.45) is 25.2. The van der Waals surface area contributed by atoms with Gasteiger partial charge < -0.3 is 4.74 Å². The molecule has 6 nitrogen and oxygen atoms in total. The van der Waals surface area contributed by atoms with E-state index in [4.69, 9.17) is 0 Å². The molecule has 0 saturated carbocycles. The van der Waals surface area contributed by atoms with Gasteiger partial charge in [0.25, 0.3) is 0 Å². The number of nitrogens with zero attached hydrogens (tertiary/aromatic N) is 4. The Morgan fingerprint density at radius 2 is 0.969 bits per heavy atom. The Kier molecular flexibility index (Phi) is 6.60. The maximum absolute atomic E-state index is 10.4. The molecule has 8 bridgehead atoms. The zero-order valence-electron chi connectivity index (χ0n) is 18.2. The standard InChI is InChI=1S/C20H12N4.C6H12O2/c1-2-14-10-16-5-6-18(23-16)12-20-8-7-19(24-20)11-17-4-3-15(22-17)9-13(1)21-14;1-3-5-6(7)8-4-2/h1-12H;3-5H2,1-2H3. The summed E-state index contributed by atoms with van der Waals surface area (Å²) >= 11 is 0. The molecule has 0 N–H and O–H groups in total. The van der Waals surface area contributed by atoms with Gasteiger partial charge in [0.15, 0.2) is 0 Å². The molecule has 5 rings (SSSR count). The number of esters is 1. The topological polar surface area (TPSA) is 75.7 Å². The largest absolute Gasteiger partial charge is 0.466 e. The number of hydrogen-bond donors (Lipinski definition) is 0. The summed E-state index contributed by atoms with van der Waals surface area (Å²) in [5.41, 5.74) is 7.15. The third-order valence-electron chi connectivity index (χ3n) is 4.67. The molecule has 0 aromatic heterocycles. The summed E-state index contributed by atoms with van der Waals surface area (Å²) in [5.74, 6) is -0.0880. The van der Waals surface area contributed by atoms with Crippen molar-refractivity contribution < 1.29 is 9.53 Å². The maximum Gasteiger partial charge on any atom is 0.305 e. The summed E-state index contributed by atoms with van der Waals surface area (Å²) in [6.45, 7) is 4.27. The SMILES string of the molecule is C1=CC2=NC1=CC1=NC(=CC3=NC(=CC4=NC(=C2)C=C4)C=C3)C=C1.CCCC(=O)OCC. The van der Waals surface area contributed by atoms with Crippen molar-refractivity contribution >= 4 is 28.8 Å². The molecule has 32 heavy (non-hydrogen) atoms. The molecule has 0 aromatic rings. The van der Waals surface area contributed by atoms with Gasteiger partial charge in [-0.1, -0.05) is 6.92 Å². The van der Waals surface area contributed by atoms with Crippen LogP contribution in [0.5, 0.6) is 0 Å². The molecular weight excluding hydrogens is 400 g/mol. The summed E-state index contributed by atoms with van der Waals surface area (Å²) in [5, 5.41) is 0. The number of hydrogen-bond acceptors (Lipinski definition) is 6. The predicted molar refractivity (Wildman–Crippen MR) is 130 cm³/mol. The molecule has 5 aliphatic rings. The Morgan fingerprint density at radius 3 is 1.25 bits per heavy atom. The van der Waals surface area contributed by atoms with Gasteiger partial charge in [-0.15, -0.1) is 0 Å². The lowest BCUT2D eigenvalue weighted by Gasteiger charge is -1.96. The van der Waals surface area contributed by atoms with Crippen molar-refractivity contribution in [1.82, 2.24) is 0 Å². The molecule has 6 heteroatoms. The zero-order chi connectivity index (χ0) is 22.3. The van der Waals surface area contributed by atoms with Crippen LogP contribution < -0.4 is 0 Å². The molecule has 0 unspecified atom stereocenters. The number of aliphatic imine (C=N–C) groups is 4. The molecule has 0 radical (unpaired) electrons. The van der Waals surface area contributed by atoms with E-state index in [9.17, 15) is 4.79 Å². The van der Waals surface area contributed by atoms with Crippen molar-refractivity contribution in [2.75, 3.05) is 6.61 Å². The van der Waals surface area contributed by atoms with Crippen LogP contribution in [0.15, 0.2) is 116 Å². The first-order valence-electron chi connectivity index (χ1n) is 10.7. The molecule has 160 valence electrons. The van der Waals surface area contributed by atoms with E-state index in [1.165, 1.54) is 0 Å². The normalized spacial score (nSPS) is 19.2. The lowest BCUT2D eigenvalue weighted by atomic mass is 10.2. The third kappa shape index (κ3) is 5.60. The first kappa shape index (κ1) is 21.3. The summed E-state index contributed by atoms with van der Waals surface area (Å²) in [6, 6.07) is 0. The van der Waals surface area contributed by atoms with Crippen LogP contribution in [0.4, 0.5) is 0 Å². The minimum absolute atomic E-state index is 0.0880. The third-order valence-corrected chi connectivity index (χ3v) is 4.67. The fourth-order valence-corrected chi connectivity index (χ4v) is 3.26. The average Bonchev–Trinajstić information content (AvgIpc) is 3.55. The molecular formula is C26H24N4O2. The van der Waals surface area contributed by atoms with Gasteiger partial charge in [0.1, 0.15) is 0 Å². The van der Waals surface area contributed by atoms with Crippen LogP contribution in [0, 0.1) is 0 Å². The van der Waals surface area contributed by atoms with E-state index in [0.717, 1.165) is 52.1 Å². The minimum atomic E-state index is -0.0880. The molecule has 5 heterocycles. The summed E-state index contributed by atoms with van der Waals surface area (Å²) < 4.78 is 4.64. The number of ether oxygens (including phenoxy) is 1. The Bertz CT molecular complexity index is 1000. The van der Waals surface area contributed by atoms with Gasteiger partial charge in [0.05, 0.1) is 52.2 Å². The smallest absolute Gasteiger partial charge is 0.305 e. The van der Waals surface area contributed by atoms with Gasteiger partial charge in [-0.25, -0.2) is 20.0 Å². The Morgan fingerprint density at radius 1 is 0.625 bits per heavy atom. The first-order chi connectivity index (χ1) is 15.6. The lowest BCUT2D eigenvalue weighted by Crippen LogP contribution is -2.01. The van der Waals surface area contributed by atoms with Crippen molar-refractivity contribution in [1.29, 1.82) is 0 Å². The Labute approximate surface area is 187 Å². The fraction of sp³-hybridized carbons (Fsp3) is 0.192. The zero-order valence-corrected chi connectivity index (χ0v) is 18.2. The number of carbonyl (C=O) groups is 1. The quantitative estimate of drug-likeness (QED) is 0.603. The van der Waals surface area contributed by atoms with Crippen LogP contribution in [0.25, 0.3) is 0 Å². The molecule has 0 saturated heterocycles. The van der Waals surface area contributed by atoms with Crippen LogP contribution in [-0.4, -0.2) is 35.4 Å². The molecule has 0 spiro atoms. The van der Waals surface area contributed by atoms with Crippen molar-refractivity contribution in [3.05, 3.63) is 95.7 Å². The highest BCUT2D eigenvalue weighted by atomic mass is 16.5. The summed E-state index contributed by atoms with van der Waals surface area (Å²) in [7, 11) is 0. The van der Waals surface area contributed by atoms with Gasteiger partial charge in [0.2, 0.25) is 0 Å². The van der Waals surface area contributed by atoms with E-state index in [1.54, 1.807) is 0 Å². The predicted octanol–water partition coefficient (Wildman–Crippen LogP) is 4.93. The second-order valence-corrected chi connectivity index (χ2v) is 7.31. The second-order valence-electron chi connectivity index (χ2n) is 7.31. The average molecular weight is 425 g/mol. The van der Waals surface area contributed by atoms with Crippen molar-refractivity contribution in [3.8, 4) is 0 Å². The molecule has 0 fully saturated rings. The van der Waals surface area contributed by atoms with Crippen LogP contribution >= 0.6 is 0 Å². The number of fused-ring (bicyclic) bond motifs is 4. The highest BCUT2D eigenvalue weighted by Crippen LogP contribution is 2.20. The van der Waals surface area contributed by atoms with E-state index in [0.29, 0.717) is 13.0 Å². The van der Waals surface area contributed by atoms with Gasteiger partial charge in [-0.2, -0.15) is 0 Å². The van der Waals surface area contributed by atoms with E-state index >= 15 is 0 Å². The van der Waals surface area contributed by atoms with Crippen LogP contribution in [-0.2, 0) is 9.53 Å². The van der Waals surface area contributed by atoms with Gasteiger partial charge in [-0.3, -0.25) is 4.79 Å². The van der Waals surface area contributed by atoms with Gasteiger partial charge >= 0.3 is 5.97 Å². The Hall–Kier alpha value is -3.93. The van der Waals surface area contributed by atoms with Crippen molar-refractivity contribution in [2.45, 2.75) is 26.7 Å². The monoisotopic (exact) mass is 424 g/mol. The number of allylic oxidation sites excluding steroid dienone is 12. The molecule has 5 aliphatic heterocycles. The minimum Gasteiger partial charge on any atom is -0.466 e. The van der Waals surface area contributed by atoms with E-state index in [2.05, 4.69) is 24.7 Å². The highest BCUT2D eigenvalue weighted by Gasteiger charge is 2.11. The van der Waals surface area contributed by atoms with E-state index in [1.807, 2.05) is 86.8 Å². The fourth-order valence-electron chi connectivity index (χ4n) is 3.26. The number of carbonyl (C=O) groups excluding carboxylic acids is 1. The van der Waals surface area contributed by atoms with Crippen LogP contribution in [0.2, 0.25) is 0 Å². The maximum atomic E-state index is 10.4. The summed E-state index contributed by atoms with van der Waals surface area (Å²) in [4.78, 5) is 28.8. The number of rotatable bonds is 3. The van der Waals surface area contributed by atoms with Crippen molar-refractivity contribution in [3.63, 3.8) is 0 Å². The van der Waals surface area contributed by atoms with Crippen LogP contribution in [0.3, 0.4) is 0 Å².